The second-order valence-corrected chi connectivity index (χ2v) is 7.89. The number of halogens is 1. The van der Waals surface area contributed by atoms with Crippen LogP contribution in [-0.4, -0.2) is 62.2 Å². The molecular formula is C24H28ClN5O4. The van der Waals surface area contributed by atoms with Gasteiger partial charge in [0.05, 0.1) is 42.7 Å². The van der Waals surface area contributed by atoms with Gasteiger partial charge in [0.15, 0.2) is 0 Å². The summed E-state index contributed by atoms with van der Waals surface area (Å²) >= 11 is 6.23. The largest absolute Gasteiger partial charge is 0.495 e. The Morgan fingerprint density at radius 1 is 1.06 bits per heavy atom. The first-order chi connectivity index (χ1) is 16.4. The van der Waals surface area contributed by atoms with E-state index in [1.807, 2.05) is 25.9 Å². The lowest BCUT2D eigenvalue weighted by atomic mass is 10.1. The first-order valence-corrected chi connectivity index (χ1v) is 11.0. The number of fused-ring (bicyclic) bond motifs is 1. The molecule has 0 aliphatic rings. The summed E-state index contributed by atoms with van der Waals surface area (Å²) in [6.45, 7) is 2.96. The van der Waals surface area contributed by atoms with E-state index in [2.05, 4.69) is 20.6 Å². The summed E-state index contributed by atoms with van der Waals surface area (Å²) < 4.78 is 16.5. The Morgan fingerprint density at radius 2 is 1.82 bits per heavy atom. The van der Waals surface area contributed by atoms with Crippen LogP contribution in [0.4, 0.5) is 17.2 Å². The van der Waals surface area contributed by atoms with Gasteiger partial charge in [0.25, 0.3) is 0 Å². The smallest absolute Gasteiger partial charge is 0.248 e. The number of hydrogen-bond donors (Lipinski definition) is 2. The predicted molar refractivity (Wildman–Crippen MR) is 135 cm³/mol. The predicted octanol–water partition coefficient (Wildman–Crippen LogP) is 4.50. The number of rotatable bonds is 10. The van der Waals surface area contributed by atoms with Crippen LogP contribution in [0.2, 0.25) is 5.02 Å². The van der Waals surface area contributed by atoms with Crippen LogP contribution in [0.5, 0.6) is 17.2 Å². The van der Waals surface area contributed by atoms with Gasteiger partial charge in [0, 0.05) is 36.2 Å². The molecule has 1 heterocycles. The molecule has 180 valence electrons. The Morgan fingerprint density at radius 3 is 2.50 bits per heavy atom. The molecule has 1 amide bonds. The molecule has 9 nitrogen and oxygen atoms in total. The highest BCUT2D eigenvalue weighted by molar-refractivity contribution is 6.32. The van der Waals surface area contributed by atoms with Gasteiger partial charge in [-0.2, -0.15) is 0 Å². The number of ether oxygens (including phenoxy) is 3. The maximum atomic E-state index is 12.5. The number of likely N-dealkylation sites (N-methyl/N-ethyl adjacent to an activating group) is 1. The van der Waals surface area contributed by atoms with Crippen molar-refractivity contribution in [3.63, 3.8) is 0 Å². The molecule has 0 aliphatic carbocycles. The monoisotopic (exact) mass is 485 g/mol. The van der Waals surface area contributed by atoms with Gasteiger partial charge in [-0.1, -0.05) is 17.7 Å². The van der Waals surface area contributed by atoms with E-state index in [0.717, 1.165) is 0 Å². The molecule has 1 aromatic heterocycles. The average molecular weight is 486 g/mol. The van der Waals surface area contributed by atoms with E-state index in [9.17, 15) is 4.79 Å². The van der Waals surface area contributed by atoms with Crippen LogP contribution in [0.25, 0.3) is 10.9 Å². The number of methoxy groups -OCH3 is 2. The minimum absolute atomic E-state index is 0.266. The Labute approximate surface area is 203 Å². The quantitative estimate of drug-likeness (QED) is 0.405. The molecule has 0 fully saturated rings. The van der Waals surface area contributed by atoms with Crippen LogP contribution >= 0.6 is 11.6 Å². The molecule has 2 aromatic carbocycles. The Bertz CT molecular complexity index is 1200. The molecule has 0 saturated heterocycles. The van der Waals surface area contributed by atoms with Crippen LogP contribution in [0.3, 0.4) is 0 Å². The lowest BCUT2D eigenvalue weighted by Crippen LogP contribution is -2.13. The molecule has 10 heteroatoms. The fourth-order valence-corrected chi connectivity index (χ4v) is 3.42. The SMILES string of the molecule is CCOc1cc2ncnc(Nc3cc(OC)c(Cl)cc3OC)c2cc1NC(=O)/C=C/CN(C)C. The zero-order valence-electron chi connectivity index (χ0n) is 19.8. The third kappa shape index (κ3) is 6.06. The Hall–Kier alpha value is -3.56. The topological polar surface area (TPSA) is 97.8 Å². The van der Waals surface area contributed by atoms with Crippen molar-refractivity contribution in [2.24, 2.45) is 0 Å². The number of anilines is 3. The third-order valence-electron chi connectivity index (χ3n) is 4.76. The minimum Gasteiger partial charge on any atom is -0.495 e. The number of aromatic nitrogens is 2. The number of carbonyl (C=O) groups excluding carboxylic acids is 1. The van der Waals surface area contributed by atoms with Gasteiger partial charge in [0.1, 0.15) is 29.4 Å². The number of benzene rings is 2. The number of nitrogens with zero attached hydrogens (tertiary/aromatic N) is 3. The van der Waals surface area contributed by atoms with Crippen molar-refractivity contribution in [3.05, 3.63) is 47.8 Å². The lowest BCUT2D eigenvalue weighted by molar-refractivity contribution is -0.111. The van der Waals surface area contributed by atoms with Gasteiger partial charge in [-0.15, -0.1) is 0 Å². The summed E-state index contributed by atoms with van der Waals surface area (Å²) in [4.78, 5) is 23.2. The highest BCUT2D eigenvalue weighted by Crippen LogP contribution is 2.39. The van der Waals surface area contributed by atoms with Gasteiger partial charge < -0.3 is 29.7 Å². The van der Waals surface area contributed by atoms with E-state index in [0.29, 0.717) is 63.5 Å². The summed E-state index contributed by atoms with van der Waals surface area (Å²) in [5, 5.41) is 7.24. The molecule has 34 heavy (non-hydrogen) atoms. The maximum Gasteiger partial charge on any atom is 0.248 e. The third-order valence-corrected chi connectivity index (χ3v) is 5.06. The molecule has 3 rings (SSSR count). The fraction of sp³-hybridized carbons (Fsp3) is 0.292. The highest BCUT2D eigenvalue weighted by atomic mass is 35.5. The van der Waals surface area contributed by atoms with Crippen molar-refractivity contribution in [2.45, 2.75) is 6.92 Å². The van der Waals surface area contributed by atoms with E-state index >= 15 is 0 Å². The fourth-order valence-electron chi connectivity index (χ4n) is 3.19. The Balaban J connectivity index is 2.02. The van der Waals surface area contributed by atoms with Gasteiger partial charge >= 0.3 is 0 Å². The van der Waals surface area contributed by atoms with Crippen LogP contribution in [0.1, 0.15) is 6.92 Å². The van der Waals surface area contributed by atoms with Crippen molar-refractivity contribution < 1.29 is 19.0 Å². The van der Waals surface area contributed by atoms with Gasteiger partial charge in [0.2, 0.25) is 5.91 Å². The number of hydrogen-bond acceptors (Lipinski definition) is 8. The zero-order chi connectivity index (χ0) is 24.7. The number of amides is 1. The van der Waals surface area contributed by atoms with E-state index < -0.39 is 0 Å². The molecule has 0 unspecified atom stereocenters. The van der Waals surface area contributed by atoms with Crippen LogP contribution in [0, 0.1) is 0 Å². The van der Waals surface area contributed by atoms with Crippen molar-refractivity contribution >= 4 is 45.6 Å². The number of carbonyl (C=O) groups is 1. The molecule has 2 N–H and O–H groups in total. The summed E-state index contributed by atoms with van der Waals surface area (Å²) in [6, 6.07) is 6.93. The van der Waals surface area contributed by atoms with Crippen molar-refractivity contribution in [1.29, 1.82) is 0 Å². The summed E-state index contributed by atoms with van der Waals surface area (Å²) in [7, 11) is 6.94. The zero-order valence-corrected chi connectivity index (χ0v) is 20.6. The molecule has 0 bridgehead atoms. The molecule has 0 radical (unpaired) electrons. The first kappa shape index (κ1) is 25.1. The minimum atomic E-state index is -0.266. The van der Waals surface area contributed by atoms with Crippen molar-refractivity contribution in [3.8, 4) is 17.2 Å². The van der Waals surface area contributed by atoms with Crippen LogP contribution < -0.4 is 24.8 Å². The normalized spacial score (nSPS) is 11.1. The average Bonchev–Trinajstić information content (AvgIpc) is 2.80. The molecule has 0 aliphatic heterocycles. The van der Waals surface area contributed by atoms with Crippen LogP contribution in [-0.2, 0) is 4.79 Å². The molecule has 3 aromatic rings. The first-order valence-electron chi connectivity index (χ1n) is 10.6. The lowest BCUT2D eigenvalue weighted by Gasteiger charge is -2.16. The van der Waals surface area contributed by atoms with E-state index in [4.69, 9.17) is 25.8 Å². The van der Waals surface area contributed by atoms with Crippen molar-refractivity contribution in [1.82, 2.24) is 14.9 Å². The van der Waals surface area contributed by atoms with Crippen molar-refractivity contribution in [2.75, 3.05) is 52.1 Å². The molecular weight excluding hydrogens is 458 g/mol. The Kier molecular flexibility index (Phi) is 8.50. The van der Waals surface area contributed by atoms with Gasteiger partial charge in [-0.25, -0.2) is 9.97 Å². The van der Waals surface area contributed by atoms with E-state index in [1.54, 1.807) is 37.5 Å². The second kappa shape index (κ2) is 11.5. The molecule has 0 saturated carbocycles. The summed E-state index contributed by atoms with van der Waals surface area (Å²) in [6.07, 6.45) is 4.72. The van der Waals surface area contributed by atoms with Gasteiger partial charge in [-0.05, 0) is 27.1 Å². The summed E-state index contributed by atoms with van der Waals surface area (Å²) in [5.74, 6) is 1.76. The van der Waals surface area contributed by atoms with Gasteiger partial charge in [-0.3, -0.25) is 4.79 Å². The maximum absolute atomic E-state index is 12.5. The van der Waals surface area contributed by atoms with E-state index in [1.165, 1.54) is 19.5 Å². The highest BCUT2D eigenvalue weighted by Gasteiger charge is 2.15. The standard InChI is InChI=1S/C24H28ClN5O4/c1-6-34-22-12-17-15(10-18(22)28-23(31)8-7-9-30(2)3)24(27-14-26-17)29-19-13-20(32-4)16(25)11-21(19)33-5/h7-8,10-14H,6,9H2,1-5H3,(H,28,31)(H,26,27,29)/b8-7+. The number of nitrogens with one attached hydrogen (secondary N) is 2. The second-order valence-electron chi connectivity index (χ2n) is 7.49. The van der Waals surface area contributed by atoms with E-state index in [-0.39, 0.29) is 5.91 Å². The molecule has 0 atom stereocenters. The molecule has 0 spiro atoms. The summed E-state index contributed by atoms with van der Waals surface area (Å²) in [5.41, 5.74) is 1.75. The van der Waals surface area contributed by atoms with Crippen LogP contribution in [0.15, 0.2) is 42.7 Å².